The van der Waals surface area contributed by atoms with Gasteiger partial charge in [0.05, 0.1) is 5.69 Å². The maximum Gasteiger partial charge on any atom is 0.273 e. The van der Waals surface area contributed by atoms with E-state index in [9.17, 15) is 13.2 Å². The van der Waals surface area contributed by atoms with E-state index in [0.29, 0.717) is 32.7 Å². The smallest absolute Gasteiger partial charge is 0.273 e. The van der Waals surface area contributed by atoms with Gasteiger partial charge in [-0.2, -0.15) is 0 Å². The zero-order valence-electron chi connectivity index (χ0n) is 14.8. The molecule has 0 bridgehead atoms. The molecule has 0 radical (unpaired) electrons. The number of anilines is 2. The Balaban J connectivity index is 1.65. The molecule has 3 aromatic rings. The first-order chi connectivity index (χ1) is 13.4. The summed E-state index contributed by atoms with van der Waals surface area (Å²) in [5, 5.41) is 5.14. The number of hydrogen-bond donors (Lipinski definition) is 1. The maximum absolute atomic E-state index is 13.0. The van der Waals surface area contributed by atoms with E-state index in [1.165, 1.54) is 15.6 Å². The second kappa shape index (κ2) is 7.58. The van der Waals surface area contributed by atoms with Crippen molar-refractivity contribution in [3.05, 3.63) is 76.1 Å². The summed E-state index contributed by atoms with van der Waals surface area (Å²) >= 11 is 7.06. The fourth-order valence-electron chi connectivity index (χ4n) is 3.19. The van der Waals surface area contributed by atoms with Crippen LogP contribution in [0.5, 0.6) is 0 Å². The van der Waals surface area contributed by atoms with Crippen molar-refractivity contribution in [2.75, 3.05) is 16.2 Å². The molecule has 1 aliphatic heterocycles. The van der Waals surface area contributed by atoms with Crippen LogP contribution in [-0.2, 0) is 16.4 Å². The number of carbonyl (C=O) groups is 1. The van der Waals surface area contributed by atoms with Gasteiger partial charge in [0.25, 0.3) is 15.9 Å². The highest BCUT2D eigenvalue weighted by Crippen LogP contribution is 2.35. The Labute approximate surface area is 172 Å². The van der Waals surface area contributed by atoms with Crippen molar-refractivity contribution in [1.82, 2.24) is 0 Å². The van der Waals surface area contributed by atoms with Gasteiger partial charge in [0.2, 0.25) is 0 Å². The van der Waals surface area contributed by atoms with Crippen LogP contribution in [0.2, 0.25) is 5.02 Å². The number of aryl methyl sites for hydroxylation is 1. The van der Waals surface area contributed by atoms with Crippen LogP contribution in [0.3, 0.4) is 0 Å². The Morgan fingerprint density at radius 2 is 1.89 bits per heavy atom. The summed E-state index contributed by atoms with van der Waals surface area (Å²) < 4.78 is 27.8. The molecular weight excluding hydrogens is 416 g/mol. The lowest BCUT2D eigenvalue weighted by Crippen LogP contribution is -2.35. The molecule has 5 nitrogen and oxygen atoms in total. The third kappa shape index (κ3) is 3.65. The van der Waals surface area contributed by atoms with Crippen LogP contribution in [0.25, 0.3) is 0 Å². The minimum atomic E-state index is -3.61. The van der Waals surface area contributed by atoms with Crippen LogP contribution in [-0.4, -0.2) is 20.9 Å². The summed E-state index contributed by atoms with van der Waals surface area (Å²) in [5.41, 5.74) is 2.60. The van der Waals surface area contributed by atoms with Crippen molar-refractivity contribution >= 4 is 50.2 Å². The monoisotopic (exact) mass is 432 g/mol. The van der Waals surface area contributed by atoms with E-state index in [1.807, 2.05) is 6.07 Å². The number of nitrogens with one attached hydrogen (secondary N) is 1. The van der Waals surface area contributed by atoms with Gasteiger partial charge in [0, 0.05) is 22.8 Å². The molecule has 0 fully saturated rings. The Bertz CT molecular complexity index is 1110. The maximum atomic E-state index is 13.0. The lowest BCUT2D eigenvalue weighted by molar-refractivity contribution is 0.102. The third-order valence-electron chi connectivity index (χ3n) is 4.57. The van der Waals surface area contributed by atoms with Gasteiger partial charge in [-0.25, -0.2) is 8.42 Å². The van der Waals surface area contributed by atoms with Gasteiger partial charge >= 0.3 is 0 Å². The van der Waals surface area contributed by atoms with Gasteiger partial charge in [-0.3, -0.25) is 9.10 Å². The van der Waals surface area contributed by atoms with Gasteiger partial charge in [-0.05, 0) is 66.2 Å². The minimum Gasteiger partial charge on any atom is -0.322 e. The lowest BCUT2D eigenvalue weighted by Gasteiger charge is -2.30. The number of nitrogens with zero attached hydrogens (tertiary/aromatic N) is 1. The number of rotatable bonds is 4. The quantitative estimate of drug-likeness (QED) is 0.644. The van der Waals surface area contributed by atoms with Crippen LogP contribution >= 0.6 is 22.9 Å². The molecule has 0 saturated carbocycles. The van der Waals surface area contributed by atoms with E-state index < -0.39 is 10.0 Å². The summed E-state index contributed by atoms with van der Waals surface area (Å²) in [4.78, 5) is 12.5. The molecule has 0 saturated heterocycles. The van der Waals surface area contributed by atoms with Crippen molar-refractivity contribution in [2.45, 2.75) is 17.1 Å². The van der Waals surface area contributed by atoms with Crippen LogP contribution < -0.4 is 9.62 Å². The second-order valence-electron chi connectivity index (χ2n) is 6.42. The van der Waals surface area contributed by atoms with Crippen LogP contribution in [0.1, 0.15) is 22.3 Å². The van der Waals surface area contributed by atoms with Gasteiger partial charge in [-0.1, -0.05) is 23.7 Å². The van der Waals surface area contributed by atoms with Crippen molar-refractivity contribution in [3.63, 3.8) is 0 Å². The molecule has 2 aromatic carbocycles. The fraction of sp³-hybridized carbons (Fsp3) is 0.150. The van der Waals surface area contributed by atoms with Crippen LogP contribution in [0.4, 0.5) is 11.4 Å². The summed E-state index contributed by atoms with van der Waals surface area (Å²) in [5.74, 6) is -0.278. The summed E-state index contributed by atoms with van der Waals surface area (Å²) in [6.07, 6.45) is 1.56. The van der Waals surface area contributed by atoms with E-state index in [-0.39, 0.29) is 5.91 Å². The van der Waals surface area contributed by atoms with E-state index >= 15 is 0 Å². The number of benzene rings is 2. The topological polar surface area (TPSA) is 66.5 Å². The molecule has 144 valence electrons. The molecule has 0 spiro atoms. The van der Waals surface area contributed by atoms with Gasteiger partial charge in [0.1, 0.15) is 4.21 Å². The second-order valence-corrected chi connectivity index (χ2v) is 9.89. The van der Waals surface area contributed by atoms with Crippen molar-refractivity contribution in [3.8, 4) is 0 Å². The van der Waals surface area contributed by atoms with E-state index in [1.54, 1.807) is 53.9 Å². The Hall–Kier alpha value is -2.35. The van der Waals surface area contributed by atoms with Crippen molar-refractivity contribution in [2.24, 2.45) is 0 Å². The van der Waals surface area contributed by atoms with E-state index in [4.69, 9.17) is 11.6 Å². The zero-order valence-corrected chi connectivity index (χ0v) is 17.2. The van der Waals surface area contributed by atoms with Crippen LogP contribution in [0.15, 0.2) is 64.2 Å². The highest BCUT2D eigenvalue weighted by Gasteiger charge is 2.30. The molecule has 0 atom stereocenters. The number of sulfonamides is 1. The van der Waals surface area contributed by atoms with Crippen molar-refractivity contribution < 1.29 is 13.2 Å². The summed E-state index contributed by atoms with van der Waals surface area (Å²) in [6.45, 7) is 0.418. The first kappa shape index (κ1) is 19.0. The normalized spacial score (nSPS) is 13.8. The molecule has 28 heavy (non-hydrogen) atoms. The van der Waals surface area contributed by atoms with Gasteiger partial charge in [-0.15, -0.1) is 11.3 Å². The van der Waals surface area contributed by atoms with Crippen LogP contribution in [0, 0.1) is 0 Å². The highest BCUT2D eigenvalue weighted by molar-refractivity contribution is 7.94. The predicted octanol–water partition coefficient (Wildman–Crippen LogP) is 4.80. The molecule has 0 aliphatic carbocycles. The molecule has 0 unspecified atom stereocenters. The number of thiophene rings is 1. The largest absolute Gasteiger partial charge is 0.322 e. The molecule has 1 amide bonds. The average molecular weight is 433 g/mol. The Morgan fingerprint density at radius 1 is 1.11 bits per heavy atom. The SMILES string of the molecule is O=C(Nc1ccc2c(c1)N(S(=O)(=O)c1cccs1)CCC2)c1ccc(Cl)cc1. The number of hydrogen-bond acceptors (Lipinski definition) is 4. The Kier molecular flexibility index (Phi) is 5.14. The minimum absolute atomic E-state index is 0.278. The third-order valence-corrected chi connectivity index (χ3v) is 8.00. The van der Waals surface area contributed by atoms with Crippen molar-refractivity contribution in [1.29, 1.82) is 0 Å². The van der Waals surface area contributed by atoms with Gasteiger partial charge in [0.15, 0.2) is 0 Å². The fourth-order valence-corrected chi connectivity index (χ4v) is 5.96. The summed E-state index contributed by atoms with van der Waals surface area (Å²) in [7, 11) is -3.61. The first-order valence-corrected chi connectivity index (χ1v) is 11.4. The highest BCUT2D eigenvalue weighted by atomic mass is 35.5. The molecular formula is C20H17ClN2O3S2. The molecule has 2 heterocycles. The zero-order chi connectivity index (χ0) is 19.7. The number of halogens is 1. The number of carbonyl (C=O) groups excluding carboxylic acids is 1. The number of fused-ring (bicyclic) bond motifs is 1. The lowest BCUT2D eigenvalue weighted by atomic mass is 10.0. The molecule has 1 aliphatic rings. The van der Waals surface area contributed by atoms with Gasteiger partial charge < -0.3 is 5.32 Å². The molecule has 4 rings (SSSR count). The van der Waals surface area contributed by atoms with E-state index in [0.717, 1.165) is 18.4 Å². The molecule has 1 N–H and O–H groups in total. The van der Waals surface area contributed by atoms with E-state index in [2.05, 4.69) is 5.32 Å². The molecule has 8 heteroatoms. The Morgan fingerprint density at radius 3 is 2.61 bits per heavy atom. The summed E-state index contributed by atoms with van der Waals surface area (Å²) in [6, 6.07) is 15.3. The first-order valence-electron chi connectivity index (χ1n) is 8.71. The molecule has 1 aromatic heterocycles. The number of amides is 1. The average Bonchev–Trinajstić information content (AvgIpc) is 3.23. The predicted molar refractivity (Wildman–Crippen MR) is 113 cm³/mol. The standard InChI is InChI=1S/C20H17ClN2O3S2/c21-16-8-5-15(6-9-16)20(24)22-17-10-7-14-3-1-11-23(18(14)13-17)28(25,26)19-4-2-12-27-19/h2,4-10,12-13H,1,3,11H2,(H,22,24).